The number of anilines is 2. The van der Waals surface area contributed by atoms with Gasteiger partial charge in [0.05, 0.1) is 0 Å². The highest BCUT2D eigenvalue weighted by molar-refractivity contribution is 5.41. The molecule has 3 nitrogen and oxygen atoms in total. The van der Waals surface area contributed by atoms with Crippen molar-refractivity contribution >= 4 is 11.6 Å². The lowest BCUT2D eigenvalue weighted by Crippen LogP contribution is -2.09. The number of hydrogen-bond acceptors (Lipinski definition) is 3. The molecule has 1 aromatic heterocycles. The zero-order valence-electron chi connectivity index (χ0n) is 8.72. The fraction of sp³-hybridized carbons (Fsp3) is 0.500. The quantitative estimate of drug-likeness (QED) is 0.769. The second-order valence-electron chi connectivity index (χ2n) is 3.45. The molecule has 1 aromatic rings. The molecule has 0 fully saturated rings. The van der Waals surface area contributed by atoms with E-state index < -0.39 is 12.6 Å². The molecule has 16 heavy (non-hydrogen) atoms. The van der Waals surface area contributed by atoms with Gasteiger partial charge in [-0.05, 0) is 25.0 Å². The molecule has 0 unspecified atom stereocenters. The number of nitrogens with zero attached hydrogens (tertiary/aromatic N) is 1. The van der Waals surface area contributed by atoms with Crippen molar-refractivity contribution in [1.82, 2.24) is 4.98 Å². The number of nitrogens with two attached hydrogens (primary N) is 1. The molecule has 0 aliphatic rings. The van der Waals surface area contributed by atoms with Crippen molar-refractivity contribution < 1.29 is 13.2 Å². The monoisotopic (exact) mass is 233 g/mol. The Bertz CT molecular complexity index is 325. The Hall–Kier alpha value is -1.46. The Morgan fingerprint density at radius 3 is 2.62 bits per heavy atom. The smallest absolute Gasteiger partial charge is 0.384 e. The molecule has 90 valence electrons. The lowest BCUT2D eigenvalue weighted by Gasteiger charge is -2.07. The van der Waals surface area contributed by atoms with Crippen LogP contribution in [0.2, 0.25) is 0 Å². The van der Waals surface area contributed by atoms with Gasteiger partial charge in [-0.3, -0.25) is 0 Å². The molecule has 6 heteroatoms. The van der Waals surface area contributed by atoms with Crippen LogP contribution < -0.4 is 11.1 Å². The zero-order valence-corrected chi connectivity index (χ0v) is 8.72. The van der Waals surface area contributed by atoms with E-state index in [-0.39, 0.29) is 6.42 Å². The third-order valence-corrected chi connectivity index (χ3v) is 1.96. The van der Waals surface area contributed by atoms with E-state index in [4.69, 9.17) is 5.73 Å². The number of rotatable bonds is 5. The molecule has 1 heterocycles. The molecule has 0 aromatic carbocycles. The van der Waals surface area contributed by atoms with Crippen LogP contribution in [0.25, 0.3) is 0 Å². The standard InChI is InChI=1S/C10H14F3N3/c11-10(12,13)6-1-2-7-15-9-5-3-4-8(14)16-9/h3-5H,1-2,6-7H2,(H3,14,15,16). The summed E-state index contributed by atoms with van der Waals surface area (Å²) in [6, 6.07) is 5.11. The maximum Gasteiger partial charge on any atom is 0.389 e. The molecule has 0 atom stereocenters. The van der Waals surface area contributed by atoms with Gasteiger partial charge in [-0.1, -0.05) is 6.07 Å². The highest BCUT2D eigenvalue weighted by Gasteiger charge is 2.25. The molecule has 0 aliphatic carbocycles. The van der Waals surface area contributed by atoms with E-state index in [0.717, 1.165) is 0 Å². The first-order chi connectivity index (χ1) is 7.47. The molecule has 0 radical (unpaired) electrons. The van der Waals surface area contributed by atoms with Gasteiger partial charge in [0.15, 0.2) is 0 Å². The molecule has 0 spiro atoms. The summed E-state index contributed by atoms with van der Waals surface area (Å²) in [7, 11) is 0. The first kappa shape index (κ1) is 12.6. The third-order valence-electron chi connectivity index (χ3n) is 1.96. The Balaban J connectivity index is 2.17. The van der Waals surface area contributed by atoms with Gasteiger partial charge in [0.2, 0.25) is 0 Å². The molecule has 0 aliphatic heterocycles. The van der Waals surface area contributed by atoms with E-state index in [1.165, 1.54) is 0 Å². The number of nitrogens with one attached hydrogen (secondary N) is 1. The summed E-state index contributed by atoms with van der Waals surface area (Å²) in [4.78, 5) is 3.96. The second-order valence-corrected chi connectivity index (χ2v) is 3.45. The van der Waals surface area contributed by atoms with E-state index in [9.17, 15) is 13.2 Å². The number of alkyl halides is 3. The number of hydrogen-bond donors (Lipinski definition) is 2. The van der Waals surface area contributed by atoms with E-state index in [0.29, 0.717) is 24.6 Å². The second kappa shape index (κ2) is 5.58. The van der Waals surface area contributed by atoms with Crippen LogP contribution in [-0.4, -0.2) is 17.7 Å². The SMILES string of the molecule is Nc1cccc(NCCCCC(F)(F)F)n1. The van der Waals surface area contributed by atoms with E-state index >= 15 is 0 Å². The van der Waals surface area contributed by atoms with Crippen LogP contribution in [0.4, 0.5) is 24.8 Å². The Kier molecular flexibility index (Phi) is 4.39. The maximum absolute atomic E-state index is 11.8. The van der Waals surface area contributed by atoms with Crippen LogP contribution in [0.15, 0.2) is 18.2 Å². The van der Waals surface area contributed by atoms with Gasteiger partial charge in [-0.25, -0.2) is 4.98 Å². The van der Waals surface area contributed by atoms with Crippen molar-refractivity contribution in [1.29, 1.82) is 0 Å². The highest BCUT2D eigenvalue weighted by atomic mass is 19.4. The molecule has 0 bridgehead atoms. The average molecular weight is 233 g/mol. The number of unbranched alkanes of at least 4 members (excludes halogenated alkanes) is 1. The molecular weight excluding hydrogens is 219 g/mol. The number of aromatic nitrogens is 1. The number of halogens is 3. The largest absolute Gasteiger partial charge is 0.389 e. The zero-order chi connectivity index (χ0) is 12.0. The lowest BCUT2D eigenvalue weighted by atomic mass is 10.2. The molecule has 0 saturated heterocycles. The normalized spacial score (nSPS) is 11.4. The van der Waals surface area contributed by atoms with Crippen molar-refractivity contribution in [2.45, 2.75) is 25.4 Å². The minimum Gasteiger partial charge on any atom is -0.384 e. The van der Waals surface area contributed by atoms with Gasteiger partial charge in [-0.15, -0.1) is 0 Å². The van der Waals surface area contributed by atoms with Crippen LogP contribution >= 0.6 is 0 Å². The first-order valence-electron chi connectivity index (χ1n) is 5.00. The minimum absolute atomic E-state index is 0.124. The van der Waals surface area contributed by atoms with Crippen LogP contribution in [0.3, 0.4) is 0 Å². The lowest BCUT2D eigenvalue weighted by molar-refractivity contribution is -0.135. The Morgan fingerprint density at radius 1 is 1.25 bits per heavy atom. The summed E-state index contributed by atoms with van der Waals surface area (Å²) < 4.78 is 35.4. The van der Waals surface area contributed by atoms with Gasteiger partial charge in [-0.2, -0.15) is 13.2 Å². The van der Waals surface area contributed by atoms with Crippen molar-refractivity contribution in [2.75, 3.05) is 17.6 Å². The van der Waals surface area contributed by atoms with Crippen molar-refractivity contribution in [2.24, 2.45) is 0 Å². The van der Waals surface area contributed by atoms with Gasteiger partial charge < -0.3 is 11.1 Å². The maximum atomic E-state index is 11.8. The molecular formula is C10H14F3N3. The molecule has 3 N–H and O–H groups in total. The van der Waals surface area contributed by atoms with Crippen LogP contribution in [-0.2, 0) is 0 Å². The summed E-state index contributed by atoms with van der Waals surface area (Å²) in [6.45, 7) is 0.465. The van der Waals surface area contributed by atoms with Gasteiger partial charge in [0.25, 0.3) is 0 Å². The van der Waals surface area contributed by atoms with Crippen LogP contribution in [0.1, 0.15) is 19.3 Å². The van der Waals surface area contributed by atoms with Crippen molar-refractivity contribution in [3.63, 3.8) is 0 Å². The van der Waals surface area contributed by atoms with Gasteiger partial charge >= 0.3 is 6.18 Å². The summed E-state index contributed by atoms with van der Waals surface area (Å²) in [5.41, 5.74) is 5.45. The topological polar surface area (TPSA) is 50.9 Å². The van der Waals surface area contributed by atoms with Crippen molar-refractivity contribution in [3.8, 4) is 0 Å². The van der Waals surface area contributed by atoms with Crippen LogP contribution in [0.5, 0.6) is 0 Å². The molecule has 1 rings (SSSR count). The highest BCUT2D eigenvalue weighted by Crippen LogP contribution is 2.22. The summed E-state index contributed by atoms with van der Waals surface area (Å²) in [5, 5.41) is 2.91. The predicted molar refractivity (Wildman–Crippen MR) is 57.0 cm³/mol. The molecule has 0 saturated carbocycles. The molecule has 0 amide bonds. The third kappa shape index (κ3) is 5.43. The predicted octanol–water partition coefficient (Wildman–Crippen LogP) is 2.81. The Labute approximate surface area is 91.9 Å². The summed E-state index contributed by atoms with van der Waals surface area (Å²) >= 11 is 0. The fourth-order valence-electron chi connectivity index (χ4n) is 1.22. The average Bonchev–Trinajstić information content (AvgIpc) is 2.15. The fourth-order valence-corrected chi connectivity index (χ4v) is 1.22. The van der Waals surface area contributed by atoms with Gasteiger partial charge in [0.1, 0.15) is 11.6 Å². The van der Waals surface area contributed by atoms with Gasteiger partial charge in [0, 0.05) is 13.0 Å². The minimum atomic E-state index is -4.06. The van der Waals surface area contributed by atoms with E-state index in [2.05, 4.69) is 10.3 Å². The number of pyridine rings is 1. The van der Waals surface area contributed by atoms with Crippen molar-refractivity contribution in [3.05, 3.63) is 18.2 Å². The number of nitrogen functional groups attached to an aromatic ring is 1. The summed E-state index contributed by atoms with van der Waals surface area (Å²) in [5.74, 6) is 0.979. The Morgan fingerprint density at radius 2 is 2.00 bits per heavy atom. The first-order valence-corrected chi connectivity index (χ1v) is 5.00. The van der Waals surface area contributed by atoms with E-state index in [1.54, 1.807) is 18.2 Å². The summed E-state index contributed by atoms with van der Waals surface area (Å²) in [6.07, 6.45) is -4.22. The van der Waals surface area contributed by atoms with Crippen LogP contribution in [0, 0.1) is 0 Å². The van der Waals surface area contributed by atoms with E-state index in [1.807, 2.05) is 0 Å².